The molecule has 96 valence electrons. The van der Waals surface area contributed by atoms with E-state index in [0.717, 1.165) is 32.4 Å². The predicted molar refractivity (Wildman–Crippen MR) is 69.7 cm³/mol. The number of unbranched alkanes of at least 4 members (excludes halogenated alkanes) is 1. The molecule has 0 atom stereocenters. The van der Waals surface area contributed by atoms with Crippen LogP contribution in [0, 0.1) is 5.92 Å². The van der Waals surface area contributed by atoms with E-state index in [-0.39, 0.29) is 18.3 Å². The molecule has 3 nitrogen and oxygen atoms in total. The van der Waals surface area contributed by atoms with Crippen molar-refractivity contribution in [2.75, 3.05) is 13.1 Å². The molecule has 0 bridgehead atoms. The molecule has 0 saturated heterocycles. The maximum atomic E-state index is 11.5. The van der Waals surface area contributed by atoms with Crippen LogP contribution in [0.5, 0.6) is 0 Å². The minimum Gasteiger partial charge on any atom is -0.356 e. The molecule has 1 fully saturated rings. The first-order valence-corrected chi connectivity index (χ1v) is 6.29. The average molecular weight is 249 g/mol. The molecular formula is C12H25ClN2O. The smallest absolute Gasteiger partial charge is 0.220 e. The number of halogens is 1. The van der Waals surface area contributed by atoms with E-state index in [2.05, 4.69) is 5.32 Å². The summed E-state index contributed by atoms with van der Waals surface area (Å²) < 4.78 is 0. The van der Waals surface area contributed by atoms with Gasteiger partial charge >= 0.3 is 0 Å². The molecule has 0 aromatic rings. The van der Waals surface area contributed by atoms with Gasteiger partial charge in [-0.25, -0.2) is 0 Å². The molecule has 0 unspecified atom stereocenters. The van der Waals surface area contributed by atoms with Gasteiger partial charge in [0.1, 0.15) is 0 Å². The fourth-order valence-corrected chi connectivity index (χ4v) is 2.22. The Balaban J connectivity index is 0.00000225. The maximum absolute atomic E-state index is 11.5. The molecule has 0 radical (unpaired) electrons. The minimum absolute atomic E-state index is 0. The Kier molecular flexibility index (Phi) is 9.74. The van der Waals surface area contributed by atoms with Crippen molar-refractivity contribution >= 4 is 18.3 Å². The van der Waals surface area contributed by atoms with Gasteiger partial charge in [-0.15, -0.1) is 12.4 Å². The van der Waals surface area contributed by atoms with E-state index in [0.29, 0.717) is 5.92 Å². The van der Waals surface area contributed by atoms with E-state index in [1.165, 1.54) is 32.1 Å². The Labute approximate surface area is 105 Å². The van der Waals surface area contributed by atoms with Crippen LogP contribution in [0.3, 0.4) is 0 Å². The normalized spacial score (nSPS) is 16.6. The first kappa shape index (κ1) is 15.7. The SMILES string of the molecule is Cl.NCCCCNC(=O)CC1CCCCC1. The molecule has 4 heteroatoms. The third-order valence-electron chi connectivity index (χ3n) is 3.15. The fourth-order valence-electron chi connectivity index (χ4n) is 2.22. The van der Waals surface area contributed by atoms with Crippen molar-refractivity contribution in [1.82, 2.24) is 5.32 Å². The van der Waals surface area contributed by atoms with Gasteiger partial charge in [0.25, 0.3) is 0 Å². The van der Waals surface area contributed by atoms with E-state index in [9.17, 15) is 4.79 Å². The van der Waals surface area contributed by atoms with Gasteiger partial charge in [0, 0.05) is 13.0 Å². The van der Waals surface area contributed by atoms with Gasteiger partial charge in [-0.2, -0.15) is 0 Å². The Morgan fingerprint density at radius 3 is 2.50 bits per heavy atom. The zero-order valence-corrected chi connectivity index (χ0v) is 10.9. The van der Waals surface area contributed by atoms with E-state index in [1.807, 2.05) is 0 Å². The molecule has 0 spiro atoms. The van der Waals surface area contributed by atoms with Gasteiger partial charge in [-0.3, -0.25) is 4.79 Å². The summed E-state index contributed by atoms with van der Waals surface area (Å²) in [6, 6.07) is 0. The van der Waals surface area contributed by atoms with Gasteiger partial charge in [0.15, 0.2) is 0 Å². The summed E-state index contributed by atoms with van der Waals surface area (Å²) in [4.78, 5) is 11.5. The number of amides is 1. The monoisotopic (exact) mass is 248 g/mol. The molecular weight excluding hydrogens is 224 g/mol. The quantitative estimate of drug-likeness (QED) is 0.709. The predicted octanol–water partition coefficient (Wildman–Crippen LogP) is 2.23. The van der Waals surface area contributed by atoms with Crippen molar-refractivity contribution in [3.05, 3.63) is 0 Å². The van der Waals surface area contributed by atoms with Gasteiger partial charge in [0.2, 0.25) is 5.91 Å². The Hall–Kier alpha value is -0.280. The Morgan fingerprint density at radius 1 is 1.19 bits per heavy atom. The van der Waals surface area contributed by atoms with Crippen LogP contribution in [-0.4, -0.2) is 19.0 Å². The lowest BCUT2D eigenvalue weighted by atomic mass is 9.87. The molecule has 0 aromatic heterocycles. The van der Waals surface area contributed by atoms with Crippen LogP contribution >= 0.6 is 12.4 Å². The fraction of sp³-hybridized carbons (Fsp3) is 0.917. The number of rotatable bonds is 6. The molecule has 1 rings (SSSR count). The lowest BCUT2D eigenvalue weighted by Crippen LogP contribution is -2.27. The second kappa shape index (κ2) is 9.91. The highest BCUT2D eigenvalue weighted by atomic mass is 35.5. The van der Waals surface area contributed by atoms with Crippen LogP contribution in [0.15, 0.2) is 0 Å². The topological polar surface area (TPSA) is 55.1 Å². The molecule has 1 aliphatic carbocycles. The summed E-state index contributed by atoms with van der Waals surface area (Å²) in [6.45, 7) is 1.52. The molecule has 0 aliphatic heterocycles. The van der Waals surface area contributed by atoms with Crippen molar-refractivity contribution in [2.24, 2.45) is 11.7 Å². The second-order valence-corrected chi connectivity index (χ2v) is 4.55. The summed E-state index contributed by atoms with van der Waals surface area (Å²) in [5.41, 5.74) is 5.38. The number of hydrogen-bond acceptors (Lipinski definition) is 2. The van der Waals surface area contributed by atoms with Crippen LogP contribution in [0.2, 0.25) is 0 Å². The van der Waals surface area contributed by atoms with Crippen LogP contribution in [0.25, 0.3) is 0 Å². The highest BCUT2D eigenvalue weighted by molar-refractivity contribution is 5.85. The van der Waals surface area contributed by atoms with E-state index in [4.69, 9.17) is 5.73 Å². The van der Waals surface area contributed by atoms with Crippen LogP contribution < -0.4 is 11.1 Å². The summed E-state index contributed by atoms with van der Waals surface area (Å²) in [6.07, 6.45) is 9.22. The first-order chi connectivity index (χ1) is 7.33. The van der Waals surface area contributed by atoms with Crippen LogP contribution in [0.4, 0.5) is 0 Å². The molecule has 1 aliphatic rings. The van der Waals surface area contributed by atoms with Crippen molar-refractivity contribution in [2.45, 2.75) is 51.4 Å². The molecule has 1 amide bonds. The van der Waals surface area contributed by atoms with Gasteiger partial charge in [-0.05, 0) is 38.1 Å². The summed E-state index contributed by atoms with van der Waals surface area (Å²) in [5.74, 6) is 0.882. The summed E-state index contributed by atoms with van der Waals surface area (Å²) in [7, 11) is 0. The third kappa shape index (κ3) is 7.07. The molecule has 0 aromatic carbocycles. The lowest BCUT2D eigenvalue weighted by molar-refractivity contribution is -0.122. The number of nitrogens with two attached hydrogens (primary N) is 1. The van der Waals surface area contributed by atoms with Gasteiger partial charge < -0.3 is 11.1 Å². The number of nitrogens with one attached hydrogen (secondary N) is 1. The maximum Gasteiger partial charge on any atom is 0.220 e. The van der Waals surface area contributed by atoms with Crippen LogP contribution in [0.1, 0.15) is 51.4 Å². The Morgan fingerprint density at radius 2 is 1.88 bits per heavy atom. The minimum atomic E-state index is 0. The standard InChI is InChI=1S/C12H24N2O.ClH/c13-8-4-5-9-14-12(15)10-11-6-2-1-3-7-11;/h11H,1-10,13H2,(H,14,15);1H. The second-order valence-electron chi connectivity index (χ2n) is 4.55. The number of carbonyl (C=O) groups excluding carboxylic acids is 1. The highest BCUT2D eigenvalue weighted by Gasteiger charge is 2.16. The van der Waals surface area contributed by atoms with Gasteiger partial charge in [-0.1, -0.05) is 19.3 Å². The van der Waals surface area contributed by atoms with Crippen molar-refractivity contribution < 1.29 is 4.79 Å². The Bertz CT molecular complexity index is 182. The van der Waals surface area contributed by atoms with Crippen molar-refractivity contribution in [3.8, 4) is 0 Å². The van der Waals surface area contributed by atoms with Crippen LogP contribution in [-0.2, 0) is 4.79 Å². The van der Waals surface area contributed by atoms with Gasteiger partial charge in [0.05, 0.1) is 0 Å². The first-order valence-electron chi connectivity index (χ1n) is 6.29. The zero-order valence-electron chi connectivity index (χ0n) is 10.0. The van der Waals surface area contributed by atoms with Crippen molar-refractivity contribution in [3.63, 3.8) is 0 Å². The largest absolute Gasteiger partial charge is 0.356 e. The van der Waals surface area contributed by atoms with E-state index < -0.39 is 0 Å². The molecule has 3 N–H and O–H groups in total. The summed E-state index contributed by atoms with van der Waals surface area (Å²) >= 11 is 0. The number of hydrogen-bond donors (Lipinski definition) is 2. The van der Waals surface area contributed by atoms with E-state index in [1.54, 1.807) is 0 Å². The zero-order chi connectivity index (χ0) is 10.9. The third-order valence-corrected chi connectivity index (χ3v) is 3.15. The molecule has 16 heavy (non-hydrogen) atoms. The summed E-state index contributed by atoms with van der Waals surface area (Å²) in [5, 5.41) is 2.97. The molecule has 0 heterocycles. The van der Waals surface area contributed by atoms with Crippen molar-refractivity contribution in [1.29, 1.82) is 0 Å². The highest BCUT2D eigenvalue weighted by Crippen LogP contribution is 2.25. The number of carbonyl (C=O) groups is 1. The average Bonchev–Trinajstić information content (AvgIpc) is 2.26. The van der Waals surface area contributed by atoms with E-state index >= 15 is 0 Å². The molecule has 1 saturated carbocycles. The lowest BCUT2D eigenvalue weighted by Gasteiger charge is -2.20.